The quantitative estimate of drug-likeness (QED) is 0.367. The van der Waals surface area contributed by atoms with E-state index in [2.05, 4.69) is 86.6 Å². The molecular formula is C38H46O2. The van der Waals surface area contributed by atoms with Crippen molar-refractivity contribution in [2.45, 2.75) is 101 Å². The van der Waals surface area contributed by atoms with E-state index < -0.39 is 5.41 Å². The first-order valence-electron chi connectivity index (χ1n) is 14.9. The highest BCUT2D eigenvalue weighted by Gasteiger charge is 2.62. The molecule has 0 bridgehead atoms. The molecule has 3 atom stereocenters. The van der Waals surface area contributed by atoms with Crippen LogP contribution in [0.2, 0.25) is 0 Å². The number of carbonyl (C=O) groups excluding carboxylic acids is 2. The van der Waals surface area contributed by atoms with Gasteiger partial charge in [0.15, 0.2) is 11.6 Å². The van der Waals surface area contributed by atoms with Gasteiger partial charge in [-0.15, -0.1) is 0 Å². The highest BCUT2D eigenvalue weighted by Crippen LogP contribution is 2.68. The molecule has 0 saturated heterocycles. The van der Waals surface area contributed by atoms with E-state index in [0.717, 1.165) is 36.0 Å². The van der Waals surface area contributed by atoms with Gasteiger partial charge in [0.25, 0.3) is 0 Å². The summed E-state index contributed by atoms with van der Waals surface area (Å²) in [6.45, 7) is 28.5. The summed E-state index contributed by atoms with van der Waals surface area (Å²) in [4.78, 5) is 26.9. The summed E-state index contributed by atoms with van der Waals surface area (Å²) < 4.78 is 0. The number of carbonyl (C=O) groups is 2. The standard InChI is InChI=1S/C38H46O2/c1-20(2)29-16-30(28-14-13-21(3)15-22(28)4)24(6)33-25(7)34-26(8)38(12)35(40)32(27(9)39)23(5)17-37(38,11)19-36(34,10)18-31(29)33/h13-16,20H,7,17-19H2,1-6,8-12H3/t36-,37+,38+/m1/s1. The second kappa shape index (κ2) is 9.00. The van der Waals surface area contributed by atoms with Crippen LogP contribution in [0.25, 0.3) is 16.7 Å². The average molecular weight is 535 g/mol. The largest absolute Gasteiger partial charge is 0.294 e. The summed E-state index contributed by atoms with van der Waals surface area (Å²) in [7, 11) is 0. The Kier molecular flexibility index (Phi) is 6.42. The summed E-state index contributed by atoms with van der Waals surface area (Å²) >= 11 is 0. The van der Waals surface area contributed by atoms with E-state index in [0.29, 0.717) is 11.5 Å². The zero-order valence-electron chi connectivity index (χ0n) is 26.5. The van der Waals surface area contributed by atoms with Crippen LogP contribution in [0.15, 0.2) is 53.1 Å². The molecule has 0 aliphatic heterocycles. The third kappa shape index (κ3) is 3.67. The third-order valence-corrected chi connectivity index (χ3v) is 11.0. The van der Waals surface area contributed by atoms with E-state index >= 15 is 0 Å². The number of aryl methyl sites for hydroxylation is 2. The van der Waals surface area contributed by atoms with Gasteiger partial charge >= 0.3 is 0 Å². The van der Waals surface area contributed by atoms with E-state index in [1.54, 1.807) is 6.92 Å². The van der Waals surface area contributed by atoms with E-state index in [1.807, 2.05) is 6.92 Å². The number of rotatable bonds is 3. The van der Waals surface area contributed by atoms with Crippen LogP contribution in [0, 0.1) is 37.0 Å². The Morgan fingerprint density at radius 3 is 2.17 bits per heavy atom. The summed E-state index contributed by atoms with van der Waals surface area (Å²) in [6.07, 6.45) is 2.61. The fourth-order valence-corrected chi connectivity index (χ4v) is 9.17. The molecule has 0 radical (unpaired) electrons. The Labute approximate surface area is 241 Å². The van der Waals surface area contributed by atoms with Crippen LogP contribution in [0.1, 0.15) is 108 Å². The summed E-state index contributed by atoms with van der Waals surface area (Å²) in [5.41, 5.74) is 14.1. The predicted molar refractivity (Wildman–Crippen MR) is 168 cm³/mol. The van der Waals surface area contributed by atoms with E-state index in [-0.39, 0.29) is 22.4 Å². The molecule has 210 valence electrons. The molecule has 0 spiro atoms. The smallest absolute Gasteiger partial charge is 0.176 e. The van der Waals surface area contributed by atoms with Crippen LogP contribution in [0.3, 0.4) is 0 Å². The van der Waals surface area contributed by atoms with Crippen molar-refractivity contribution in [1.29, 1.82) is 0 Å². The van der Waals surface area contributed by atoms with E-state index in [9.17, 15) is 9.59 Å². The number of fused-ring (bicyclic) bond motifs is 3. The SMILES string of the molecule is C=C1C2=C(C)[C@@]3(C)C(=O)C(C(C)=O)=C(C)C[C@@]3(C)C[C@@]2(C)Cc2c(C(C)C)cc(-c3ccc(C)cc3C)c(C)c21. The maximum Gasteiger partial charge on any atom is 0.176 e. The number of hydrogen-bond donors (Lipinski definition) is 0. The van der Waals surface area contributed by atoms with Gasteiger partial charge in [0.05, 0.1) is 11.0 Å². The Morgan fingerprint density at radius 2 is 1.60 bits per heavy atom. The van der Waals surface area contributed by atoms with Gasteiger partial charge in [0.2, 0.25) is 0 Å². The normalized spacial score (nSPS) is 28.1. The van der Waals surface area contributed by atoms with Crippen LogP contribution in [0.4, 0.5) is 0 Å². The summed E-state index contributed by atoms with van der Waals surface area (Å²) in [5.74, 6) is 0.270. The Hall–Kier alpha value is -3.00. The number of Topliss-reactive ketones (excluding diaryl/α,β-unsaturated/α-hetero) is 2. The maximum absolute atomic E-state index is 14.3. The summed E-state index contributed by atoms with van der Waals surface area (Å²) in [5, 5.41) is 0. The molecule has 2 heteroatoms. The van der Waals surface area contributed by atoms with Crippen LogP contribution >= 0.6 is 0 Å². The zero-order valence-corrected chi connectivity index (χ0v) is 26.5. The van der Waals surface area contributed by atoms with Crippen molar-refractivity contribution in [2.24, 2.45) is 16.2 Å². The highest BCUT2D eigenvalue weighted by atomic mass is 16.1. The lowest BCUT2D eigenvalue weighted by atomic mass is 9.42. The van der Waals surface area contributed by atoms with Gasteiger partial charge in [0, 0.05) is 0 Å². The number of ketones is 2. The Balaban J connectivity index is 1.81. The lowest BCUT2D eigenvalue weighted by Crippen LogP contribution is -2.56. The van der Waals surface area contributed by atoms with Gasteiger partial charge in [-0.2, -0.15) is 0 Å². The van der Waals surface area contributed by atoms with Gasteiger partial charge < -0.3 is 0 Å². The minimum Gasteiger partial charge on any atom is -0.294 e. The van der Waals surface area contributed by atoms with Crippen molar-refractivity contribution in [3.05, 3.63) is 86.5 Å². The van der Waals surface area contributed by atoms with Crippen molar-refractivity contribution >= 4 is 17.1 Å². The lowest BCUT2D eigenvalue weighted by Gasteiger charge is -2.60. The molecule has 5 rings (SSSR count). The Bertz CT molecular complexity index is 1590. The van der Waals surface area contributed by atoms with E-state index in [1.165, 1.54) is 50.1 Å². The van der Waals surface area contributed by atoms with E-state index in [4.69, 9.17) is 6.58 Å². The van der Waals surface area contributed by atoms with Crippen LogP contribution in [0.5, 0.6) is 0 Å². The molecule has 2 aromatic rings. The lowest BCUT2D eigenvalue weighted by molar-refractivity contribution is -0.134. The van der Waals surface area contributed by atoms with Crippen LogP contribution in [-0.2, 0) is 16.0 Å². The zero-order chi connectivity index (χ0) is 29.7. The van der Waals surface area contributed by atoms with Crippen molar-refractivity contribution in [3.63, 3.8) is 0 Å². The van der Waals surface area contributed by atoms with Gasteiger partial charge in [-0.1, -0.05) is 75.2 Å². The van der Waals surface area contributed by atoms with Gasteiger partial charge in [0.1, 0.15) is 0 Å². The maximum atomic E-state index is 14.3. The second-order valence-corrected chi connectivity index (χ2v) is 14.3. The monoisotopic (exact) mass is 534 g/mol. The molecule has 0 fully saturated rings. The minimum absolute atomic E-state index is 0.000481. The van der Waals surface area contributed by atoms with Crippen molar-refractivity contribution in [2.75, 3.05) is 0 Å². The number of benzene rings is 2. The molecule has 0 saturated carbocycles. The minimum atomic E-state index is -0.733. The molecular weight excluding hydrogens is 488 g/mol. The molecule has 0 aromatic heterocycles. The molecule has 0 unspecified atom stereocenters. The van der Waals surface area contributed by atoms with Gasteiger partial charge in [-0.25, -0.2) is 0 Å². The first-order chi connectivity index (χ1) is 18.5. The Morgan fingerprint density at radius 1 is 0.950 bits per heavy atom. The van der Waals surface area contributed by atoms with Gasteiger partial charge in [-0.3, -0.25) is 9.59 Å². The topological polar surface area (TPSA) is 34.1 Å². The number of hydrogen-bond acceptors (Lipinski definition) is 2. The summed E-state index contributed by atoms with van der Waals surface area (Å²) in [6, 6.07) is 9.17. The van der Waals surface area contributed by atoms with Crippen molar-refractivity contribution in [3.8, 4) is 11.1 Å². The fraction of sp³-hybridized carbons (Fsp3) is 0.474. The first kappa shape index (κ1) is 28.5. The molecule has 3 aliphatic rings. The molecule has 40 heavy (non-hydrogen) atoms. The molecule has 3 aliphatic carbocycles. The third-order valence-electron chi connectivity index (χ3n) is 11.0. The fourth-order valence-electron chi connectivity index (χ4n) is 9.17. The van der Waals surface area contributed by atoms with Crippen LogP contribution in [-0.4, -0.2) is 11.6 Å². The van der Waals surface area contributed by atoms with Crippen molar-refractivity contribution < 1.29 is 9.59 Å². The average Bonchev–Trinajstić information content (AvgIpc) is 2.81. The molecule has 0 amide bonds. The molecule has 0 heterocycles. The highest BCUT2D eigenvalue weighted by molar-refractivity contribution is 6.23. The predicted octanol–water partition coefficient (Wildman–Crippen LogP) is 9.59. The van der Waals surface area contributed by atoms with Gasteiger partial charge in [-0.05, 0) is 135 Å². The van der Waals surface area contributed by atoms with Crippen LogP contribution < -0.4 is 0 Å². The molecule has 0 N–H and O–H groups in total. The molecule has 2 aromatic carbocycles. The van der Waals surface area contributed by atoms with Crippen molar-refractivity contribution in [1.82, 2.24) is 0 Å². The second-order valence-electron chi connectivity index (χ2n) is 14.3. The molecule has 2 nitrogen and oxygen atoms in total. The first-order valence-corrected chi connectivity index (χ1v) is 14.9. The number of allylic oxidation sites excluding steroid dienone is 5.